The van der Waals surface area contributed by atoms with Crippen LogP contribution in [-0.4, -0.2) is 9.97 Å². The summed E-state index contributed by atoms with van der Waals surface area (Å²) in [6.45, 7) is 4.56. The maximum Gasteiger partial charge on any atom is 0.0474 e. The van der Waals surface area contributed by atoms with Gasteiger partial charge in [-0.2, -0.15) is 0 Å². The first-order valence-electron chi connectivity index (χ1n) is 15.0. The Morgan fingerprint density at radius 2 is 0.786 bits per heavy atom. The number of aromatic nitrogens is 2. The molecular weight excluding hydrogens is 508 g/mol. The number of para-hydroxylation sites is 2. The van der Waals surface area contributed by atoms with Crippen LogP contribution in [0.1, 0.15) is 25.0 Å². The van der Waals surface area contributed by atoms with E-state index in [1.54, 1.807) is 0 Å². The quantitative estimate of drug-likeness (QED) is 0.218. The largest absolute Gasteiger partial charge is 0.354 e. The molecule has 2 nitrogen and oxygen atoms in total. The maximum absolute atomic E-state index is 3.80. The van der Waals surface area contributed by atoms with Gasteiger partial charge in [-0.15, -0.1) is 0 Å². The predicted octanol–water partition coefficient (Wildman–Crippen LogP) is 11.1. The van der Waals surface area contributed by atoms with Gasteiger partial charge in [0, 0.05) is 54.7 Å². The molecular formula is C40H32N2. The molecule has 2 heteroatoms. The van der Waals surface area contributed by atoms with Gasteiger partial charge in [0.05, 0.1) is 0 Å². The summed E-state index contributed by atoms with van der Waals surface area (Å²) < 4.78 is 0. The van der Waals surface area contributed by atoms with Crippen LogP contribution in [-0.2, 0) is 12.8 Å². The van der Waals surface area contributed by atoms with Crippen molar-refractivity contribution in [2.24, 2.45) is 0 Å². The second-order valence-corrected chi connectivity index (χ2v) is 11.2. The van der Waals surface area contributed by atoms with Crippen molar-refractivity contribution in [1.82, 2.24) is 9.97 Å². The van der Waals surface area contributed by atoms with E-state index in [1.807, 2.05) is 0 Å². The lowest BCUT2D eigenvalue weighted by atomic mass is 9.80. The van der Waals surface area contributed by atoms with E-state index in [1.165, 1.54) is 88.1 Å². The summed E-state index contributed by atoms with van der Waals surface area (Å²) in [5, 5.41) is 5.10. The molecule has 0 aliphatic heterocycles. The molecule has 2 N–H and O–H groups in total. The number of hydrogen-bond acceptors (Lipinski definition) is 0. The number of hydrogen-bond donors (Lipinski definition) is 2. The van der Waals surface area contributed by atoms with Crippen LogP contribution in [0.5, 0.6) is 0 Å². The third kappa shape index (κ3) is 3.65. The molecule has 0 bridgehead atoms. The lowest BCUT2D eigenvalue weighted by Crippen LogP contribution is -1.99. The minimum absolute atomic E-state index is 0.938. The van der Waals surface area contributed by atoms with Crippen LogP contribution in [0, 0.1) is 0 Å². The van der Waals surface area contributed by atoms with E-state index in [9.17, 15) is 0 Å². The Bertz CT molecular complexity index is 2090. The van der Waals surface area contributed by atoms with Crippen LogP contribution >= 0.6 is 0 Å². The highest BCUT2D eigenvalue weighted by molar-refractivity contribution is 6.26. The van der Waals surface area contributed by atoms with E-state index < -0.39 is 0 Å². The number of H-pyrrole nitrogens is 2. The van der Waals surface area contributed by atoms with Crippen molar-refractivity contribution in [3.8, 4) is 33.4 Å². The Morgan fingerprint density at radius 3 is 1.19 bits per heavy atom. The second kappa shape index (κ2) is 9.78. The lowest BCUT2D eigenvalue weighted by Gasteiger charge is -2.23. The van der Waals surface area contributed by atoms with Gasteiger partial charge in [0.15, 0.2) is 0 Å². The van der Waals surface area contributed by atoms with Crippen LogP contribution < -0.4 is 0 Å². The smallest absolute Gasteiger partial charge is 0.0474 e. The standard InChI is InChI=1S/C40H32N2/c1-3-25-23-33-37(29-19-11-13-21-31(29)41-33)39(35(25)27-15-7-5-8-16-27)40-36(28-17-9-6-10-18-28)26(4-2)24-34-38(40)30-20-12-14-22-32(30)42-34/h5-24,41-42H,3-4H2,1-2H3. The minimum atomic E-state index is 0.938. The zero-order chi connectivity index (χ0) is 28.2. The summed E-state index contributed by atoms with van der Waals surface area (Å²) in [4.78, 5) is 7.60. The number of aromatic amines is 2. The molecule has 6 aromatic carbocycles. The van der Waals surface area contributed by atoms with E-state index in [0.717, 1.165) is 12.8 Å². The molecule has 0 saturated carbocycles. The third-order valence-electron chi connectivity index (χ3n) is 8.89. The van der Waals surface area contributed by atoms with Gasteiger partial charge >= 0.3 is 0 Å². The van der Waals surface area contributed by atoms with Crippen molar-refractivity contribution in [3.05, 3.63) is 132 Å². The highest BCUT2D eigenvalue weighted by atomic mass is 14.7. The minimum Gasteiger partial charge on any atom is -0.354 e. The molecule has 0 amide bonds. The van der Waals surface area contributed by atoms with Gasteiger partial charge in [0.1, 0.15) is 0 Å². The van der Waals surface area contributed by atoms with E-state index in [4.69, 9.17) is 0 Å². The van der Waals surface area contributed by atoms with Gasteiger partial charge in [0.2, 0.25) is 0 Å². The molecule has 8 aromatic rings. The van der Waals surface area contributed by atoms with Crippen molar-refractivity contribution in [2.45, 2.75) is 26.7 Å². The fourth-order valence-corrected chi connectivity index (χ4v) is 7.07. The molecule has 2 heterocycles. The summed E-state index contributed by atoms with van der Waals surface area (Å²) in [5.41, 5.74) is 15.2. The molecule has 0 unspecified atom stereocenters. The Kier molecular flexibility index (Phi) is 5.75. The molecule has 0 radical (unpaired) electrons. The predicted molar refractivity (Wildman–Crippen MR) is 180 cm³/mol. The van der Waals surface area contributed by atoms with Gasteiger partial charge in [0.25, 0.3) is 0 Å². The molecule has 0 spiro atoms. The molecule has 42 heavy (non-hydrogen) atoms. The molecule has 0 aliphatic rings. The Morgan fingerprint density at radius 1 is 0.405 bits per heavy atom. The van der Waals surface area contributed by atoms with E-state index in [-0.39, 0.29) is 0 Å². The van der Waals surface area contributed by atoms with E-state index >= 15 is 0 Å². The van der Waals surface area contributed by atoms with Crippen LogP contribution in [0.15, 0.2) is 121 Å². The third-order valence-corrected chi connectivity index (χ3v) is 8.89. The highest BCUT2D eigenvalue weighted by Gasteiger charge is 2.26. The van der Waals surface area contributed by atoms with E-state index in [0.29, 0.717) is 0 Å². The number of rotatable bonds is 5. The van der Waals surface area contributed by atoms with Gasteiger partial charge < -0.3 is 9.97 Å². The lowest BCUT2D eigenvalue weighted by molar-refractivity contribution is 1.14. The maximum atomic E-state index is 3.80. The topological polar surface area (TPSA) is 31.6 Å². The summed E-state index contributed by atoms with van der Waals surface area (Å²) in [6, 6.07) is 44.3. The fraction of sp³-hybridized carbons (Fsp3) is 0.100. The zero-order valence-corrected chi connectivity index (χ0v) is 24.0. The molecule has 0 fully saturated rings. The van der Waals surface area contributed by atoms with Crippen LogP contribution in [0.2, 0.25) is 0 Å². The van der Waals surface area contributed by atoms with Gasteiger partial charge in [-0.05, 0) is 70.5 Å². The highest BCUT2D eigenvalue weighted by Crippen LogP contribution is 2.51. The van der Waals surface area contributed by atoms with Crippen molar-refractivity contribution in [2.75, 3.05) is 0 Å². The molecule has 0 saturated heterocycles. The summed E-state index contributed by atoms with van der Waals surface area (Å²) in [6.07, 6.45) is 1.88. The number of aryl methyl sites for hydroxylation is 2. The Labute approximate surface area is 245 Å². The van der Waals surface area contributed by atoms with Crippen molar-refractivity contribution in [1.29, 1.82) is 0 Å². The number of fused-ring (bicyclic) bond motifs is 6. The number of benzene rings is 6. The molecule has 2 aromatic heterocycles. The molecule has 8 rings (SSSR count). The van der Waals surface area contributed by atoms with Crippen molar-refractivity contribution in [3.63, 3.8) is 0 Å². The Balaban J connectivity index is 1.71. The first kappa shape index (κ1) is 24.7. The summed E-state index contributed by atoms with van der Waals surface area (Å²) >= 11 is 0. The van der Waals surface area contributed by atoms with Gasteiger partial charge in [-0.3, -0.25) is 0 Å². The first-order valence-corrected chi connectivity index (χ1v) is 15.0. The molecule has 202 valence electrons. The average molecular weight is 541 g/mol. The SMILES string of the molecule is CCc1cc2[nH]c3ccccc3c2c(-c2c(-c3ccccc3)c(CC)cc3[nH]c4ccccc4c23)c1-c1ccccc1. The first-order chi connectivity index (χ1) is 20.8. The summed E-state index contributed by atoms with van der Waals surface area (Å²) in [7, 11) is 0. The van der Waals surface area contributed by atoms with Crippen molar-refractivity contribution >= 4 is 43.6 Å². The monoisotopic (exact) mass is 540 g/mol. The average Bonchev–Trinajstić information content (AvgIpc) is 3.61. The zero-order valence-electron chi connectivity index (χ0n) is 24.0. The normalized spacial score (nSPS) is 11.8. The van der Waals surface area contributed by atoms with Gasteiger partial charge in [-0.1, -0.05) is 111 Å². The molecule has 0 atom stereocenters. The fourth-order valence-electron chi connectivity index (χ4n) is 7.07. The van der Waals surface area contributed by atoms with E-state index in [2.05, 4.69) is 145 Å². The Hall–Kier alpha value is -5.08. The second-order valence-electron chi connectivity index (χ2n) is 11.2. The van der Waals surface area contributed by atoms with Gasteiger partial charge in [-0.25, -0.2) is 0 Å². The molecule has 0 aliphatic carbocycles. The van der Waals surface area contributed by atoms with Crippen LogP contribution in [0.4, 0.5) is 0 Å². The van der Waals surface area contributed by atoms with Crippen molar-refractivity contribution < 1.29 is 0 Å². The van der Waals surface area contributed by atoms with Crippen LogP contribution in [0.25, 0.3) is 77.0 Å². The number of nitrogens with one attached hydrogen (secondary N) is 2. The summed E-state index contributed by atoms with van der Waals surface area (Å²) in [5.74, 6) is 0. The van der Waals surface area contributed by atoms with Crippen LogP contribution in [0.3, 0.4) is 0 Å².